The summed E-state index contributed by atoms with van der Waals surface area (Å²) in [5.74, 6) is -8.35. The summed E-state index contributed by atoms with van der Waals surface area (Å²) in [5, 5.41) is 30.9. The molecule has 2 heterocycles. The summed E-state index contributed by atoms with van der Waals surface area (Å²) in [6, 6.07) is 5.62. The molecular formula is C61H94N18O12S. The molecule has 0 spiro atoms. The normalized spacial score (nSPS) is 13.6. The van der Waals surface area contributed by atoms with Crippen molar-refractivity contribution in [2.24, 2.45) is 40.7 Å². The van der Waals surface area contributed by atoms with Crippen LogP contribution in [0.1, 0.15) is 77.1 Å². The topological polar surface area (TPSA) is 478 Å². The molecule has 7 unspecified atom stereocenters. The number of para-hydroxylation sites is 1. The number of imidazole rings is 1. The molecule has 0 radical (unpaired) electrons. The van der Waals surface area contributed by atoms with Crippen LogP contribution in [0.25, 0.3) is 10.9 Å². The summed E-state index contributed by atoms with van der Waals surface area (Å²) in [7, 11) is 0. The number of anilines is 1. The van der Waals surface area contributed by atoms with Crippen LogP contribution in [0.2, 0.25) is 0 Å². The van der Waals surface area contributed by atoms with Gasteiger partial charge in [-0.2, -0.15) is 11.8 Å². The highest BCUT2D eigenvalue weighted by atomic mass is 32.2. The molecule has 0 bridgehead atoms. The van der Waals surface area contributed by atoms with E-state index in [1.165, 1.54) is 31.2 Å². The molecule has 2 aromatic heterocycles. The lowest BCUT2D eigenvalue weighted by atomic mass is 9.98. The van der Waals surface area contributed by atoms with Crippen molar-refractivity contribution in [1.29, 1.82) is 0 Å². The molecule has 4 aromatic rings. The summed E-state index contributed by atoms with van der Waals surface area (Å²) >= 11 is 1.46. The Bertz CT molecular complexity index is 3030. The highest BCUT2D eigenvalue weighted by Gasteiger charge is 2.34. The van der Waals surface area contributed by atoms with Crippen LogP contribution in [-0.2, 0) is 76.7 Å². The van der Waals surface area contributed by atoms with E-state index in [9.17, 15) is 52.7 Å². The van der Waals surface area contributed by atoms with E-state index >= 15 is 0 Å². The van der Waals surface area contributed by atoms with E-state index in [4.69, 9.17) is 27.7 Å². The first kappa shape index (κ1) is 76.0. The van der Waals surface area contributed by atoms with E-state index in [0.29, 0.717) is 48.9 Å². The Hall–Kier alpha value is -8.49. The van der Waals surface area contributed by atoms with Gasteiger partial charge in [0, 0.05) is 80.1 Å². The molecule has 0 aliphatic carbocycles. The van der Waals surface area contributed by atoms with Gasteiger partial charge in [-0.1, -0.05) is 58.0 Å². The first-order valence-electron chi connectivity index (χ1n) is 30.7. The predicted molar refractivity (Wildman–Crippen MR) is 348 cm³/mol. The second kappa shape index (κ2) is 40.4. The molecule has 2 aromatic carbocycles. The lowest BCUT2D eigenvalue weighted by molar-refractivity contribution is -0.136. The number of aromatic amines is 2. The number of rotatable bonds is 44. The zero-order valence-electron chi connectivity index (χ0n) is 53.2. The van der Waals surface area contributed by atoms with E-state index in [0.717, 1.165) is 36.0 Å². The first-order chi connectivity index (χ1) is 43.9. The number of hydrogen-bond acceptors (Lipinski definition) is 18. The molecule has 0 saturated carbocycles. The number of amides is 11. The maximum Gasteiger partial charge on any atom is 0.250 e. The Labute approximate surface area is 539 Å². The van der Waals surface area contributed by atoms with Gasteiger partial charge in [0.25, 0.3) is 0 Å². The zero-order valence-corrected chi connectivity index (χ0v) is 54.0. The van der Waals surface area contributed by atoms with Crippen molar-refractivity contribution in [2.75, 3.05) is 76.4 Å². The molecule has 0 fully saturated rings. The van der Waals surface area contributed by atoms with Crippen LogP contribution in [-0.4, -0.2) is 193 Å². The highest BCUT2D eigenvalue weighted by Crippen LogP contribution is 2.20. The molecule has 7 atom stereocenters. The second-order valence-electron chi connectivity index (χ2n) is 23.1. The van der Waals surface area contributed by atoms with Gasteiger partial charge in [-0.05, 0) is 105 Å². The number of H-pyrrole nitrogens is 2. The van der Waals surface area contributed by atoms with Crippen molar-refractivity contribution in [1.82, 2.24) is 68.1 Å². The fourth-order valence-electron chi connectivity index (χ4n) is 9.63. The zero-order chi connectivity index (χ0) is 67.7. The minimum atomic E-state index is -1.44. The molecule has 0 aliphatic heterocycles. The summed E-state index contributed by atoms with van der Waals surface area (Å²) in [6.07, 6.45) is 6.62. The van der Waals surface area contributed by atoms with Gasteiger partial charge in [-0.3, -0.25) is 52.7 Å². The summed E-state index contributed by atoms with van der Waals surface area (Å²) in [6.45, 7) is 10.3. The molecule has 92 heavy (non-hydrogen) atoms. The third-order valence-electron chi connectivity index (χ3n) is 14.5. The van der Waals surface area contributed by atoms with Gasteiger partial charge in [0.05, 0.1) is 12.9 Å². The van der Waals surface area contributed by atoms with Crippen molar-refractivity contribution < 1.29 is 57.5 Å². The number of ether oxygens (including phenoxy) is 1. The molecule has 4 rings (SSSR count). The van der Waals surface area contributed by atoms with Crippen molar-refractivity contribution in [3.8, 4) is 0 Å². The number of fused-ring (bicyclic) bond motifs is 1. The number of nitrogens with two attached hydrogens (primary N) is 4. The lowest BCUT2D eigenvalue weighted by Crippen LogP contribution is -2.59. The SMILES string of the molecule is CSCCC(NC(=O)C(CC(C)C)NC(=O)C(Cc1cnc[nH]1)NC(=O)CNC(=O)C(NC(=O)C(C)NC(=O)C(Cc1c[nH]c2ccccc12)NC(=O)C(CCC(N)=O)NC(=O)COCC(=O)Nc1ccc(CC(CNCCN)CNCCN)cc1)C(C)C)C(N)=O. The smallest absolute Gasteiger partial charge is 0.250 e. The van der Waals surface area contributed by atoms with Gasteiger partial charge in [-0.15, -0.1) is 0 Å². The van der Waals surface area contributed by atoms with E-state index in [1.807, 2.05) is 38.3 Å². The van der Waals surface area contributed by atoms with Gasteiger partial charge >= 0.3 is 0 Å². The predicted octanol–water partition coefficient (Wildman–Crippen LogP) is -2.68. The molecule has 31 heteroatoms. The highest BCUT2D eigenvalue weighted by molar-refractivity contribution is 7.98. The van der Waals surface area contributed by atoms with Crippen LogP contribution < -0.4 is 81.4 Å². The van der Waals surface area contributed by atoms with Gasteiger partial charge in [0.15, 0.2) is 0 Å². The van der Waals surface area contributed by atoms with Crippen molar-refractivity contribution in [2.45, 2.75) is 122 Å². The van der Waals surface area contributed by atoms with Gasteiger partial charge in [-0.25, -0.2) is 4.98 Å². The summed E-state index contributed by atoms with van der Waals surface area (Å²) in [5.41, 5.74) is 25.6. The minimum Gasteiger partial charge on any atom is -0.370 e. The Morgan fingerprint density at radius 2 is 1.23 bits per heavy atom. The average molecular weight is 1300 g/mol. The van der Waals surface area contributed by atoms with Crippen LogP contribution in [0.5, 0.6) is 0 Å². The van der Waals surface area contributed by atoms with Crippen LogP contribution in [0.3, 0.4) is 0 Å². The van der Waals surface area contributed by atoms with Gasteiger partial charge in [0.2, 0.25) is 65.0 Å². The summed E-state index contributed by atoms with van der Waals surface area (Å²) < 4.78 is 5.40. The fourth-order valence-corrected chi connectivity index (χ4v) is 10.1. The van der Waals surface area contributed by atoms with Crippen LogP contribution in [0.4, 0.5) is 5.69 Å². The van der Waals surface area contributed by atoms with E-state index < -0.39 is 133 Å². The third kappa shape index (κ3) is 27.5. The molecular weight excluding hydrogens is 1210 g/mol. The fraction of sp³-hybridized carbons (Fsp3) is 0.541. The number of thioether (sulfide) groups is 1. The number of nitrogens with zero attached hydrogens (tertiary/aromatic N) is 1. The largest absolute Gasteiger partial charge is 0.370 e. The second-order valence-corrected chi connectivity index (χ2v) is 24.0. The quantitative estimate of drug-likeness (QED) is 0.0201. The number of benzene rings is 2. The van der Waals surface area contributed by atoms with Crippen LogP contribution in [0.15, 0.2) is 67.3 Å². The Morgan fingerprint density at radius 3 is 1.85 bits per heavy atom. The van der Waals surface area contributed by atoms with E-state index in [-0.39, 0.29) is 50.4 Å². The van der Waals surface area contributed by atoms with Crippen molar-refractivity contribution in [3.05, 3.63) is 84.1 Å². The number of carbonyl (C=O) groups is 11. The average Bonchev–Trinajstić information content (AvgIpc) is 1.68. The molecule has 0 aliphatic rings. The van der Waals surface area contributed by atoms with Crippen LogP contribution in [0, 0.1) is 17.8 Å². The Balaban J connectivity index is 1.40. The molecule has 21 N–H and O–H groups in total. The summed E-state index contributed by atoms with van der Waals surface area (Å²) in [4.78, 5) is 157. The van der Waals surface area contributed by atoms with E-state index in [2.05, 4.69) is 73.4 Å². The maximum atomic E-state index is 14.3. The lowest BCUT2D eigenvalue weighted by Gasteiger charge is -2.26. The molecule has 30 nitrogen and oxygen atoms in total. The number of primary amides is 2. The standard InChI is InChI=1S/C61H94N18O12S/c1-35(2)23-47(59(88)76-45(55(65)84)17-22-92-6)77-60(89)49(26-42-30-68-34-71-42)75-51(81)31-70-61(90)54(36(3)4)79-56(85)37(5)72-58(87)48(25-40-29-69-44-10-8-7-9-43(40)44)78-57(86)46(15-16-50(64)80)74-53(83)33-91-32-52(82)73-41-13-11-38(12-14-41)24-39(27-66-20-18-62)28-67-21-19-63/h7-14,29-30,34-37,39,45-49,54,66-67,69H,15-28,31-33,62-63H2,1-6H3,(H2,64,80)(H2,65,84)(H,68,71)(H,70,90)(H,72,87)(H,73,82)(H,74,83)(H,75,81)(H,76,88)(H,77,89)(H,78,86)(H,79,85). The Kier molecular flexibility index (Phi) is 33.3. The number of nitrogens with one attached hydrogen (secondary N) is 13. The number of carbonyl (C=O) groups excluding carboxylic acids is 11. The van der Waals surface area contributed by atoms with Crippen LogP contribution >= 0.6 is 11.8 Å². The third-order valence-corrected chi connectivity index (χ3v) is 15.1. The van der Waals surface area contributed by atoms with Gasteiger partial charge in [0.1, 0.15) is 55.5 Å². The monoisotopic (exact) mass is 1300 g/mol. The molecule has 506 valence electrons. The number of aromatic nitrogens is 3. The molecule has 11 amide bonds. The maximum absolute atomic E-state index is 14.3. The minimum absolute atomic E-state index is 0.0902. The van der Waals surface area contributed by atoms with Gasteiger partial charge < -0.3 is 96.1 Å². The number of hydrogen-bond donors (Lipinski definition) is 17. The van der Waals surface area contributed by atoms with Crippen molar-refractivity contribution >= 4 is 93.3 Å². The Morgan fingerprint density at radius 1 is 0.620 bits per heavy atom. The molecule has 0 saturated heterocycles. The van der Waals surface area contributed by atoms with E-state index in [1.54, 1.807) is 50.4 Å². The van der Waals surface area contributed by atoms with Crippen molar-refractivity contribution in [3.63, 3.8) is 0 Å². The first-order valence-corrected chi connectivity index (χ1v) is 32.1.